The number of carbonyl (C=O) groups is 1. The van der Waals surface area contributed by atoms with Crippen molar-refractivity contribution < 1.29 is 23.1 Å². The van der Waals surface area contributed by atoms with Crippen LogP contribution >= 0.6 is 0 Å². The first-order valence-corrected chi connectivity index (χ1v) is 12.0. The number of carboxylic acids is 1. The zero-order valence-corrected chi connectivity index (χ0v) is 19.9. The van der Waals surface area contributed by atoms with Gasteiger partial charge in [0, 0.05) is 26.2 Å². The first kappa shape index (κ1) is 24.6. The van der Waals surface area contributed by atoms with E-state index in [4.69, 9.17) is 0 Å². The summed E-state index contributed by atoms with van der Waals surface area (Å²) >= 11 is 0. The van der Waals surface area contributed by atoms with Crippen LogP contribution in [0.15, 0.2) is 84.9 Å². The lowest BCUT2D eigenvalue weighted by Crippen LogP contribution is -2.54. The van der Waals surface area contributed by atoms with E-state index in [1.807, 2.05) is 35.2 Å². The Labute approximate surface area is 212 Å². The Bertz CT molecular complexity index is 1420. The predicted molar refractivity (Wildman–Crippen MR) is 140 cm³/mol. The number of benzene rings is 4. The average molecular weight is 506 g/mol. The molecule has 8 heteroatoms. The van der Waals surface area contributed by atoms with E-state index in [9.17, 15) is 23.1 Å². The molecule has 3 N–H and O–H groups in total. The number of alkyl halides is 3. The summed E-state index contributed by atoms with van der Waals surface area (Å²) in [5.41, 5.74) is 3.46. The molecule has 4 aromatic rings. The fourth-order valence-electron chi connectivity index (χ4n) is 4.66. The van der Waals surface area contributed by atoms with Gasteiger partial charge >= 0.3 is 12.1 Å². The Morgan fingerprint density at radius 2 is 1.68 bits per heavy atom. The van der Waals surface area contributed by atoms with E-state index in [0.717, 1.165) is 45.4 Å². The van der Waals surface area contributed by atoms with Crippen LogP contribution in [0.25, 0.3) is 21.9 Å². The molecule has 5 rings (SSSR count). The third kappa shape index (κ3) is 5.54. The lowest BCUT2D eigenvalue weighted by atomic mass is 10.0. The third-order valence-electron chi connectivity index (χ3n) is 6.65. The van der Waals surface area contributed by atoms with Crippen LogP contribution in [0.4, 0.5) is 24.5 Å². The number of hydrogen-bond donors (Lipinski definition) is 3. The number of nitrogens with one attached hydrogen (secondary N) is 2. The van der Waals surface area contributed by atoms with Gasteiger partial charge in [0.15, 0.2) is 0 Å². The number of piperazine rings is 1. The van der Waals surface area contributed by atoms with Gasteiger partial charge in [0.2, 0.25) is 0 Å². The number of rotatable bonds is 6. The maximum absolute atomic E-state index is 13.0. The lowest BCUT2D eigenvalue weighted by Gasteiger charge is -2.34. The SMILES string of the molecule is O=C(O)C1CN(c2ccc(-c3ccc(C(F)(F)F)cc3)cc2NCc2ccc3ccccc3c2)CCN1. The number of carboxylic acid groups (broad SMARTS) is 1. The molecule has 1 unspecified atom stereocenters. The van der Waals surface area contributed by atoms with E-state index >= 15 is 0 Å². The Hall–Kier alpha value is -4.04. The summed E-state index contributed by atoms with van der Waals surface area (Å²) in [7, 11) is 0. The van der Waals surface area contributed by atoms with Crippen LogP contribution in [-0.2, 0) is 17.5 Å². The largest absolute Gasteiger partial charge is 0.480 e. The van der Waals surface area contributed by atoms with E-state index in [1.54, 1.807) is 0 Å². The summed E-state index contributed by atoms with van der Waals surface area (Å²) in [4.78, 5) is 13.6. The Morgan fingerprint density at radius 3 is 2.41 bits per heavy atom. The number of aliphatic carboxylic acids is 1. The predicted octanol–water partition coefficient (Wildman–Crippen LogP) is 6.00. The molecule has 1 atom stereocenters. The minimum atomic E-state index is -4.39. The van der Waals surface area contributed by atoms with Gasteiger partial charge < -0.3 is 20.6 Å². The van der Waals surface area contributed by atoms with Crippen molar-refractivity contribution >= 4 is 28.1 Å². The molecule has 0 bridgehead atoms. The fraction of sp³-hybridized carbons (Fsp3) is 0.207. The topological polar surface area (TPSA) is 64.6 Å². The molecule has 5 nitrogen and oxygen atoms in total. The van der Waals surface area contributed by atoms with Gasteiger partial charge in [-0.1, -0.05) is 54.6 Å². The first-order valence-electron chi connectivity index (χ1n) is 12.0. The van der Waals surface area contributed by atoms with E-state index in [-0.39, 0.29) is 0 Å². The van der Waals surface area contributed by atoms with Gasteiger partial charge in [0.05, 0.1) is 16.9 Å². The first-order chi connectivity index (χ1) is 17.8. The second-order valence-corrected chi connectivity index (χ2v) is 9.13. The highest BCUT2D eigenvalue weighted by atomic mass is 19.4. The van der Waals surface area contributed by atoms with Gasteiger partial charge in [0.1, 0.15) is 6.04 Å². The van der Waals surface area contributed by atoms with Crippen LogP contribution in [0.3, 0.4) is 0 Å². The van der Waals surface area contributed by atoms with Gasteiger partial charge in [0.25, 0.3) is 0 Å². The van der Waals surface area contributed by atoms with Crippen LogP contribution in [0.1, 0.15) is 11.1 Å². The molecule has 1 aliphatic rings. The summed E-state index contributed by atoms with van der Waals surface area (Å²) in [6, 6.07) is 24.4. The van der Waals surface area contributed by atoms with Gasteiger partial charge in [-0.3, -0.25) is 4.79 Å². The van der Waals surface area contributed by atoms with E-state index in [2.05, 4.69) is 41.0 Å². The lowest BCUT2D eigenvalue weighted by molar-refractivity contribution is -0.139. The van der Waals surface area contributed by atoms with E-state index in [0.29, 0.717) is 31.7 Å². The van der Waals surface area contributed by atoms with Crippen molar-refractivity contribution in [3.05, 3.63) is 96.1 Å². The minimum Gasteiger partial charge on any atom is -0.480 e. The molecule has 190 valence electrons. The summed E-state index contributed by atoms with van der Waals surface area (Å²) < 4.78 is 39.1. The number of fused-ring (bicyclic) bond motifs is 1. The molecule has 0 amide bonds. The molecule has 0 radical (unpaired) electrons. The molecule has 4 aromatic carbocycles. The molecule has 1 aliphatic heterocycles. The van der Waals surface area contributed by atoms with Crippen molar-refractivity contribution in [1.82, 2.24) is 5.32 Å². The third-order valence-corrected chi connectivity index (χ3v) is 6.65. The van der Waals surface area contributed by atoms with Gasteiger partial charge in [-0.2, -0.15) is 13.2 Å². The number of hydrogen-bond acceptors (Lipinski definition) is 4. The standard InChI is InChI=1S/C29H26F3N3O2/c30-29(31,32)24-10-7-21(8-11-24)23-9-12-27(35-14-13-33-26(18-35)28(36)37)25(16-23)34-17-19-5-6-20-3-1-2-4-22(20)15-19/h1-12,15-16,26,33-34H,13-14,17-18H2,(H,36,37). The quantitative estimate of drug-likeness (QED) is 0.300. The van der Waals surface area contributed by atoms with Crippen molar-refractivity contribution in [1.29, 1.82) is 0 Å². The number of nitrogens with zero attached hydrogens (tertiary/aromatic N) is 1. The van der Waals surface area contributed by atoms with Crippen LogP contribution < -0.4 is 15.5 Å². The average Bonchev–Trinajstić information content (AvgIpc) is 2.91. The highest BCUT2D eigenvalue weighted by Crippen LogP contribution is 2.35. The number of halogens is 3. The fourth-order valence-corrected chi connectivity index (χ4v) is 4.66. The summed E-state index contributed by atoms with van der Waals surface area (Å²) in [6.45, 7) is 2.00. The highest BCUT2D eigenvalue weighted by Gasteiger charge is 2.30. The minimum absolute atomic E-state index is 0.305. The molecule has 0 spiro atoms. The highest BCUT2D eigenvalue weighted by molar-refractivity contribution is 5.83. The molecule has 0 aromatic heterocycles. The molecule has 37 heavy (non-hydrogen) atoms. The zero-order chi connectivity index (χ0) is 26.0. The second kappa shape index (κ2) is 10.1. The monoisotopic (exact) mass is 505 g/mol. The Kier molecular flexibility index (Phi) is 6.76. The van der Waals surface area contributed by atoms with Crippen molar-refractivity contribution in [2.75, 3.05) is 29.9 Å². The smallest absolute Gasteiger partial charge is 0.416 e. The molecule has 1 saturated heterocycles. The van der Waals surface area contributed by atoms with Crippen molar-refractivity contribution in [3.8, 4) is 11.1 Å². The van der Waals surface area contributed by atoms with Gasteiger partial charge in [-0.15, -0.1) is 0 Å². The van der Waals surface area contributed by atoms with Crippen molar-refractivity contribution in [2.24, 2.45) is 0 Å². The molecule has 1 fully saturated rings. The van der Waals surface area contributed by atoms with Crippen LogP contribution in [0, 0.1) is 0 Å². The van der Waals surface area contributed by atoms with Gasteiger partial charge in [-0.05, 0) is 57.8 Å². The van der Waals surface area contributed by atoms with E-state index < -0.39 is 23.8 Å². The van der Waals surface area contributed by atoms with Crippen LogP contribution in [0.5, 0.6) is 0 Å². The summed E-state index contributed by atoms with van der Waals surface area (Å²) in [5, 5.41) is 18.3. The molecular weight excluding hydrogens is 479 g/mol. The zero-order valence-electron chi connectivity index (χ0n) is 19.9. The van der Waals surface area contributed by atoms with E-state index in [1.165, 1.54) is 12.1 Å². The molecule has 1 heterocycles. The van der Waals surface area contributed by atoms with Gasteiger partial charge in [-0.25, -0.2) is 0 Å². The number of anilines is 2. The van der Waals surface area contributed by atoms with Crippen molar-refractivity contribution in [2.45, 2.75) is 18.8 Å². The maximum Gasteiger partial charge on any atom is 0.416 e. The molecular formula is C29H26F3N3O2. The van der Waals surface area contributed by atoms with Crippen LogP contribution in [0.2, 0.25) is 0 Å². The Morgan fingerprint density at radius 1 is 0.946 bits per heavy atom. The Balaban J connectivity index is 1.46. The normalized spacial score (nSPS) is 16.1. The van der Waals surface area contributed by atoms with Crippen LogP contribution in [-0.4, -0.2) is 36.8 Å². The maximum atomic E-state index is 13.0. The summed E-state index contributed by atoms with van der Waals surface area (Å²) in [5.74, 6) is -0.906. The summed E-state index contributed by atoms with van der Waals surface area (Å²) in [6.07, 6.45) is -4.39. The van der Waals surface area contributed by atoms with Crippen molar-refractivity contribution in [3.63, 3.8) is 0 Å². The second-order valence-electron chi connectivity index (χ2n) is 9.13. The molecule has 0 aliphatic carbocycles. The molecule has 0 saturated carbocycles.